The third-order valence-electron chi connectivity index (χ3n) is 6.58. The van der Waals surface area contributed by atoms with Crippen molar-refractivity contribution in [1.29, 1.82) is 0 Å². The molecular formula is C30H59NO7. The van der Waals surface area contributed by atoms with Crippen LogP contribution in [0.15, 0.2) is 0 Å². The Balaban J connectivity index is 3.55. The molecule has 0 amide bonds. The highest BCUT2D eigenvalue weighted by Gasteiger charge is 2.17. The maximum absolute atomic E-state index is 11.9. The van der Waals surface area contributed by atoms with Gasteiger partial charge in [-0.2, -0.15) is 0 Å². The lowest BCUT2D eigenvalue weighted by molar-refractivity contribution is -0.870. The quantitative estimate of drug-likeness (QED) is 0.0655. The number of aliphatic hydroxyl groups excluding tert-OH is 1. The number of hydrogen-bond acceptors (Lipinski definition) is 7. The average Bonchev–Trinajstić information content (AvgIpc) is 2.85. The fourth-order valence-corrected chi connectivity index (χ4v) is 4.12. The van der Waals surface area contributed by atoms with E-state index in [-0.39, 0.29) is 25.8 Å². The third kappa shape index (κ3) is 26.4. The Morgan fingerprint density at radius 1 is 0.711 bits per heavy atom. The normalized spacial score (nSPS) is 13.4. The van der Waals surface area contributed by atoms with Crippen LogP contribution in [0.3, 0.4) is 0 Å². The monoisotopic (exact) mass is 545 g/mol. The molecule has 0 rings (SSSR count). The van der Waals surface area contributed by atoms with Crippen molar-refractivity contribution < 1.29 is 38.5 Å². The number of carboxylic acid groups (broad SMARTS) is 1. The summed E-state index contributed by atoms with van der Waals surface area (Å²) in [5.74, 6) is -1.87. The molecule has 226 valence electrons. The van der Waals surface area contributed by atoms with Gasteiger partial charge in [0.25, 0.3) is 0 Å². The van der Waals surface area contributed by atoms with Gasteiger partial charge in [-0.1, -0.05) is 110 Å². The molecule has 0 aliphatic heterocycles. The van der Waals surface area contributed by atoms with Crippen molar-refractivity contribution in [3.63, 3.8) is 0 Å². The number of ether oxygens (including phenoxy) is 3. The van der Waals surface area contributed by atoms with Gasteiger partial charge >= 0.3 is 5.97 Å². The predicted octanol–water partition coefficient (Wildman–Crippen LogP) is 4.75. The summed E-state index contributed by atoms with van der Waals surface area (Å²) in [7, 11) is 5.87. The van der Waals surface area contributed by atoms with Crippen molar-refractivity contribution in [2.45, 2.75) is 135 Å². The Morgan fingerprint density at radius 2 is 1.16 bits per heavy atom. The lowest BCUT2D eigenvalue weighted by Gasteiger charge is -2.26. The second-order valence-electron chi connectivity index (χ2n) is 11.6. The highest BCUT2D eigenvalue weighted by molar-refractivity contribution is 5.69. The summed E-state index contributed by atoms with van der Waals surface area (Å²) in [6.45, 7) is 2.46. The third-order valence-corrected chi connectivity index (χ3v) is 6.58. The molecule has 0 spiro atoms. The van der Waals surface area contributed by atoms with Crippen LogP contribution < -0.4 is 5.11 Å². The lowest BCUT2D eigenvalue weighted by atomic mass is 10.0. The van der Waals surface area contributed by atoms with E-state index in [9.17, 15) is 19.8 Å². The molecule has 0 aromatic carbocycles. The number of esters is 1. The summed E-state index contributed by atoms with van der Waals surface area (Å²) in [6.07, 6.45) is 19.5. The van der Waals surface area contributed by atoms with E-state index in [1.807, 2.05) is 21.1 Å². The van der Waals surface area contributed by atoms with Crippen LogP contribution >= 0.6 is 0 Å². The van der Waals surface area contributed by atoms with Crippen LogP contribution in [0.1, 0.15) is 122 Å². The highest BCUT2D eigenvalue weighted by Crippen LogP contribution is 2.14. The van der Waals surface area contributed by atoms with Crippen LogP contribution in [-0.2, 0) is 23.8 Å². The number of carboxylic acids is 1. The number of carbonyl (C=O) groups excluding carboxylic acids is 2. The summed E-state index contributed by atoms with van der Waals surface area (Å²) in [5, 5.41) is 21.1. The molecule has 0 fully saturated rings. The van der Waals surface area contributed by atoms with Crippen LogP contribution in [0.4, 0.5) is 0 Å². The molecule has 8 heteroatoms. The standard InChI is InChI=1S/C30H59NO7/c1-5-6-7-8-9-10-11-12-13-14-15-16-17-18-19-20-21-22-28(33)37-25-27(32)26-38-30(29(34)35)36-24-23-31(2,3)4/h27,30,32H,5-26H2,1-4H3. The molecule has 0 saturated heterocycles. The summed E-state index contributed by atoms with van der Waals surface area (Å²) in [5.41, 5.74) is 0. The first-order valence-electron chi connectivity index (χ1n) is 15.2. The number of rotatable bonds is 28. The number of quaternary nitrogens is 1. The van der Waals surface area contributed by atoms with E-state index in [1.165, 1.54) is 89.9 Å². The van der Waals surface area contributed by atoms with Gasteiger partial charge in [-0.25, -0.2) is 0 Å². The van der Waals surface area contributed by atoms with Crippen molar-refractivity contribution in [3.05, 3.63) is 0 Å². The molecule has 0 aliphatic carbocycles. The van der Waals surface area contributed by atoms with E-state index in [0.717, 1.165) is 19.3 Å². The van der Waals surface area contributed by atoms with Crippen LogP contribution in [-0.4, -0.2) is 81.4 Å². The second kappa shape index (κ2) is 24.8. The van der Waals surface area contributed by atoms with Crippen LogP contribution in [0, 0.1) is 0 Å². The van der Waals surface area contributed by atoms with Crippen LogP contribution in [0.2, 0.25) is 0 Å². The van der Waals surface area contributed by atoms with Gasteiger partial charge < -0.3 is 33.7 Å². The van der Waals surface area contributed by atoms with E-state index in [4.69, 9.17) is 14.2 Å². The second-order valence-corrected chi connectivity index (χ2v) is 11.6. The first-order valence-corrected chi connectivity index (χ1v) is 15.2. The Labute approximate surface area is 233 Å². The molecule has 0 saturated carbocycles. The first kappa shape index (κ1) is 36.8. The molecule has 0 aromatic heterocycles. The summed E-state index contributed by atoms with van der Waals surface area (Å²) < 4.78 is 15.9. The Morgan fingerprint density at radius 3 is 1.58 bits per heavy atom. The number of aliphatic carboxylic acids is 1. The molecule has 2 unspecified atom stereocenters. The molecule has 0 aromatic rings. The van der Waals surface area contributed by atoms with Crippen molar-refractivity contribution in [2.75, 3.05) is 47.5 Å². The van der Waals surface area contributed by atoms with Crippen molar-refractivity contribution in [3.8, 4) is 0 Å². The Kier molecular flexibility index (Phi) is 24.0. The molecule has 38 heavy (non-hydrogen) atoms. The number of unbranched alkanes of at least 4 members (excludes halogenated alkanes) is 16. The number of nitrogens with zero attached hydrogens (tertiary/aromatic N) is 1. The highest BCUT2D eigenvalue weighted by atomic mass is 16.7. The molecule has 0 aliphatic rings. The maximum Gasteiger partial charge on any atom is 0.305 e. The van der Waals surface area contributed by atoms with Gasteiger partial charge in [-0.05, 0) is 6.42 Å². The molecule has 0 radical (unpaired) electrons. The van der Waals surface area contributed by atoms with E-state index < -0.39 is 18.4 Å². The van der Waals surface area contributed by atoms with Crippen molar-refractivity contribution in [2.24, 2.45) is 0 Å². The lowest BCUT2D eigenvalue weighted by Crippen LogP contribution is -2.44. The van der Waals surface area contributed by atoms with Crippen LogP contribution in [0.5, 0.6) is 0 Å². The number of likely N-dealkylation sites (N-methyl/N-ethyl adjacent to an activating group) is 1. The van der Waals surface area contributed by atoms with Crippen molar-refractivity contribution >= 4 is 11.9 Å². The first-order chi connectivity index (χ1) is 18.2. The minimum absolute atomic E-state index is 0.173. The van der Waals surface area contributed by atoms with E-state index in [2.05, 4.69) is 6.92 Å². The van der Waals surface area contributed by atoms with Crippen LogP contribution in [0.25, 0.3) is 0 Å². The average molecular weight is 546 g/mol. The molecule has 1 N–H and O–H groups in total. The Bertz CT molecular complexity index is 565. The van der Waals surface area contributed by atoms with Gasteiger partial charge in [0.1, 0.15) is 19.3 Å². The number of aliphatic hydroxyl groups is 1. The smallest absolute Gasteiger partial charge is 0.305 e. The summed E-state index contributed by atoms with van der Waals surface area (Å²) >= 11 is 0. The van der Waals surface area contributed by atoms with E-state index in [1.54, 1.807) is 0 Å². The fraction of sp³-hybridized carbons (Fsp3) is 0.933. The molecule has 0 heterocycles. The topological polar surface area (TPSA) is 105 Å². The maximum atomic E-state index is 11.9. The predicted molar refractivity (Wildman–Crippen MR) is 149 cm³/mol. The zero-order valence-electron chi connectivity index (χ0n) is 25.1. The SMILES string of the molecule is CCCCCCCCCCCCCCCCCCCC(=O)OCC(O)COC(OCC[N+](C)(C)C)C(=O)[O-]. The van der Waals surface area contributed by atoms with Gasteiger partial charge in [-0.15, -0.1) is 0 Å². The van der Waals surface area contributed by atoms with Gasteiger partial charge in [0.05, 0.1) is 40.3 Å². The molecule has 2 atom stereocenters. The molecule has 8 nitrogen and oxygen atoms in total. The van der Waals surface area contributed by atoms with E-state index in [0.29, 0.717) is 17.4 Å². The largest absolute Gasteiger partial charge is 0.545 e. The number of hydrogen-bond donors (Lipinski definition) is 1. The van der Waals surface area contributed by atoms with Gasteiger partial charge in [0.15, 0.2) is 6.29 Å². The minimum Gasteiger partial charge on any atom is -0.545 e. The van der Waals surface area contributed by atoms with Gasteiger partial charge in [-0.3, -0.25) is 4.79 Å². The summed E-state index contributed by atoms with van der Waals surface area (Å²) in [6, 6.07) is 0. The van der Waals surface area contributed by atoms with Gasteiger partial charge in [0, 0.05) is 6.42 Å². The van der Waals surface area contributed by atoms with Gasteiger partial charge in [0.2, 0.25) is 0 Å². The zero-order valence-corrected chi connectivity index (χ0v) is 25.1. The van der Waals surface area contributed by atoms with E-state index >= 15 is 0 Å². The minimum atomic E-state index is -1.57. The fourth-order valence-electron chi connectivity index (χ4n) is 4.12. The summed E-state index contributed by atoms with van der Waals surface area (Å²) in [4.78, 5) is 23.0. The number of carbonyl (C=O) groups is 2. The molecule has 0 bridgehead atoms. The van der Waals surface area contributed by atoms with Crippen molar-refractivity contribution in [1.82, 2.24) is 0 Å². The molecular weight excluding hydrogens is 486 g/mol. The zero-order chi connectivity index (χ0) is 28.5. The Hall–Kier alpha value is -1.22.